The van der Waals surface area contributed by atoms with Crippen LogP contribution in [0.1, 0.15) is 15.9 Å². The first kappa shape index (κ1) is 14.4. The number of nitrogens with zero attached hydrogens (tertiary/aromatic N) is 1. The summed E-state index contributed by atoms with van der Waals surface area (Å²) in [6, 6.07) is 10.8. The highest BCUT2D eigenvalue weighted by Crippen LogP contribution is 2.38. The number of hydrogen-bond acceptors (Lipinski definition) is 3. The van der Waals surface area contributed by atoms with Gasteiger partial charge < -0.3 is 0 Å². The van der Waals surface area contributed by atoms with Gasteiger partial charge in [0.2, 0.25) is 10.0 Å². The Morgan fingerprint density at radius 1 is 1.05 bits per heavy atom. The molecule has 3 rings (SSSR count). The molecule has 1 amide bonds. The Balaban J connectivity index is 2.12. The van der Waals surface area contributed by atoms with Gasteiger partial charge in [0.05, 0.1) is 11.4 Å². The minimum Gasteiger partial charge on any atom is -0.268 e. The van der Waals surface area contributed by atoms with Gasteiger partial charge in [-0.1, -0.05) is 29.3 Å². The second-order valence-corrected chi connectivity index (χ2v) is 7.23. The molecule has 0 unspecified atom stereocenters. The van der Waals surface area contributed by atoms with E-state index in [0.717, 1.165) is 4.31 Å². The quantitative estimate of drug-likeness (QED) is 0.797. The normalized spacial score (nSPS) is 15.8. The van der Waals surface area contributed by atoms with Crippen LogP contribution in [0.4, 0.5) is 5.69 Å². The van der Waals surface area contributed by atoms with Crippen molar-refractivity contribution in [3.63, 3.8) is 0 Å². The van der Waals surface area contributed by atoms with Crippen molar-refractivity contribution < 1.29 is 13.2 Å². The van der Waals surface area contributed by atoms with E-state index < -0.39 is 15.9 Å². The maximum Gasteiger partial charge on any atom is 0.272 e. The van der Waals surface area contributed by atoms with E-state index in [2.05, 4.69) is 0 Å². The Morgan fingerprint density at radius 3 is 2.38 bits per heavy atom. The van der Waals surface area contributed by atoms with Crippen LogP contribution in [0.5, 0.6) is 0 Å². The molecular weight excluding hydrogens is 333 g/mol. The number of benzene rings is 2. The van der Waals surface area contributed by atoms with Crippen LogP contribution in [-0.4, -0.2) is 14.3 Å². The molecule has 7 heteroatoms. The minimum atomic E-state index is -3.76. The van der Waals surface area contributed by atoms with Crippen molar-refractivity contribution >= 4 is 44.8 Å². The van der Waals surface area contributed by atoms with Crippen LogP contribution in [0.3, 0.4) is 0 Å². The van der Waals surface area contributed by atoms with Crippen molar-refractivity contribution in [2.45, 2.75) is 5.75 Å². The molecule has 4 nitrogen and oxygen atoms in total. The molecule has 108 valence electrons. The standard InChI is InChI=1S/C14H9Cl2NO3S/c15-10-6-4-9(5-7-10)14(18)17-13-3-1-2-12(16)11(13)8-21(17,19)20/h1-7H,8H2. The zero-order chi connectivity index (χ0) is 15.2. The summed E-state index contributed by atoms with van der Waals surface area (Å²) in [5.74, 6) is -0.894. The summed E-state index contributed by atoms with van der Waals surface area (Å²) in [6.45, 7) is 0. The first-order chi connectivity index (χ1) is 9.90. The molecule has 0 bridgehead atoms. The number of amides is 1. The van der Waals surface area contributed by atoms with Gasteiger partial charge in [0.1, 0.15) is 0 Å². The number of hydrogen-bond donors (Lipinski definition) is 0. The predicted molar refractivity (Wildman–Crippen MR) is 82.3 cm³/mol. The fourth-order valence-electron chi connectivity index (χ4n) is 2.22. The maximum atomic E-state index is 12.5. The molecule has 0 fully saturated rings. The smallest absolute Gasteiger partial charge is 0.268 e. The summed E-state index contributed by atoms with van der Waals surface area (Å²) in [7, 11) is -3.76. The van der Waals surface area contributed by atoms with Crippen molar-refractivity contribution in [1.82, 2.24) is 0 Å². The highest BCUT2D eigenvalue weighted by Gasteiger charge is 2.39. The molecule has 0 spiro atoms. The van der Waals surface area contributed by atoms with Crippen LogP contribution in [-0.2, 0) is 15.8 Å². The van der Waals surface area contributed by atoms with E-state index >= 15 is 0 Å². The van der Waals surface area contributed by atoms with Gasteiger partial charge in [-0.25, -0.2) is 12.7 Å². The molecule has 1 aliphatic heterocycles. The molecule has 0 N–H and O–H groups in total. The van der Waals surface area contributed by atoms with Crippen molar-refractivity contribution in [1.29, 1.82) is 0 Å². The number of anilines is 1. The van der Waals surface area contributed by atoms with Gasteiger partial charge in [-0.2, -0.15) is 0 Å². The van der Waals surface area contributed by atoms with E-state index in [9.17, 15) is 13.2 Å². The molecule has 1 aliphatic rings. The molecule has 0 radical (unpaired) electrons. The fourth-order valence-corrected chi connectivity index (χ4v) is 4.29. The van der Waals surface area contributed by atoms with Crippen LogP contribution in [0.15, 0.2) is 42.5 Å². The molecule has 1 heterocycles. The molecule has 0 aromatic heterocycles. The predicted octanol–water partition coefficient (Wildman–Crippen LogP) is 3.48. The van der Waals surface area contributed by atoms with Crippen LogP contribution in [0, 0.1) is 0 Å². The van der Waals surface area contributed by atoms with Crippen LogP contribution < -0.4 is 4.31 Å². The number of carbonyl (C=O) groups excluding carboxylic acids is 1. The van der Waals surface area contributed by atoms with Crippen LogP contribution in [0.25, 0.3) is 0 Å². The van der Waals surface area contributed by atoms with E-state index in [4.69, 9.17) is 23.2 Å². The van der Waals surface area contributed by atoms with E-state index in [-0.39, 0.29) is 11.3 Å². The van der Waals surface area contributed by atoms with Crippen molar-refractivity contribution in [2.75, 3.05) is 4.31 Å². The monoisotopic (exact) mass is 341 g/mol. The van der Waals surface area contributed by atoms with Crippen molar-refractivity contribution in [2.24, 2.45) is 0 Å². The number of halogens is 2. The third-order valence-electron chi connectivity index (χ3n) is 3.19. The highest BCUT2D eigenvalue weighted by atomic mass is 35.5. The summed E-state index contributed by atoms with van der Waals surface area (Å²) < 4.78 is 25.3. The average Bonchev–Trinajstić information content (AvgIpc) is 2.71. The minimum absolute atomic E-state index is 0.246. The van der Waals surface area contributed by atoms with E-state index in [1.165, 1.54) is 24.3 Å². The highest BCUT2D eigenvalue weighted by molar-refractivity contribution is 7.93. The molecule has 21 heavy (non-hydrogen) atoms. The third-order valence-corrected chi connectivity index (χ3v) is 5.37. The molecule has 0 saturated heterocycles. The number of rotatable bonds is 1. The van der Waals surface area contributed by atoms with Crippen molar-refractivity contribution in [3.05, 3.63) is 63.6 Å². The Morgan fingerprint density at radius 2 is 1.71 bits per heavy atom. The maximum absolute atomic E-state index is 12.5. The van der Waals surface area contributed by atoms with Gasteiger partial charge in [0.15, 0.2) is 0 Å². The lowest BCUT2D eigenvalue weighted by atomic mass is 10.1. The van der Waals surface area contributed by atoms with Gasteiger partial charge in [0, 0.05) is 21.2 Å². The number of sulfonamides is 1. The fraction of sp³-hybridized carbons (Fsp3) is 0.0714. The summed E-state index contributed by atoms with van der Waals surface area (Å²) in [5, 5.41) is 0.807. The molecule has 2 aromatic rings. The zero-order valence-corrected chi connectivity index (χ0v) is 12.9. The van der Waals surface area contributed by atoms with E-state index in [0.29, 0.717) is 21.3 Å². The Kier molecular flexibility index (Phi) is 3.43. The summed E-state index contributed by atoms with van der Waals surface area (Å²) >= 11 is 11.8. The third kappa shape index (κ3) is 2.41. The molecule has 0 saturated carbocycles. The summed E-state index contributed by atoms with van der Waals surface area (Å²) in [5.41, 5.74) is 1.000. The Hall–Kier alpha value is -1.56. The molecule has 2 aromatic carbocycles. The largest absolute Gasteiger partial charge is 0.272 e. The van der Waals surface area contributed by atoms with E-state index in [1.807, 2.05) is 0 Å². The SMILES string of the molecule is O=C(c1ccc(Cl)cc1)N1c2cccc(Cl)c2CS1(=O)=O. The second kappa shape index (κ2) is 5.02. The van der Waals surface area contributed by atoms with Gasteiger partial charge >= 0.3 is 0 Å². The van der Waals surface area contributed by atoms with Crippen LogP contribution >= 0.6 is 23.2 Å². The molecular formula is C14H9Cl2NO3S. The first-order valence-electron chi connectivity index (χ1n) is 6.00. The summed E-state index contributed by atoms with van der Waals surface area (Å²) in [6.07, 6.45) is 0. The second-order valence-electron chi connectivity index (χ2n) is 4.57. The average molecular weight is 342 g/mol. The topological polar surface area (TPSA) is 54.5 Å². The van der Waals surface area contributed by atoms with Gasteiger partial charge in [-0.3, -0.25) is 4.79 Å². The Bertz CT molecular complexity index is 832. The molecule has 0 aliphatic carbocycles. The summed E-state index contributed by atoms with van der Waals surface area (Å²) in [4.78, 5) is 12.5. The zero-order valence-electron chi connectivity index (χ0n) is 10.6. The number of carbonyl (C=O) groups is 1. The lowest BCUT2D eigenvalue weighted by Gasteiger charge is -2.16. The first-order valence-corrected chi connectivity index (χ1v) is 8.37. The van der Waals surface area contributed by atoms with Crippen LogP contribution in [0.2, 0.25) is 10.0 Å². The lowest BCUT2D eigenvalue weighted by molar-refractivity contribution is 0.101. The Labute approximate surface area is 132 Å². The van der Waals surface area contributed by atoms with Gasteiger partial charge in [-0.05, 0) is 36.4 Å². The molecule has 0 atom stereocenters. The van der Waals surface area contributed by atoms with E-state index in [1.54, 1.807) is 18.2 Å². The lowest BCUT2D eigenvalue weighted by Crippen LogP contribution is -2.33. The van der Waals surface area contributed by atoms with Crippen molar-refractivity contribution in [3.8, 4) is 0 Å². The number of fused-ring (bicyclic) bond motifs is 1. The van der Waals surface area contributed by atoms with Gasteiger partial charge in [-0.15, -0.1) is 0 Å². The van der Waals surface area contributed by atoms with Gasteiger partial charge in [0.25, 0.3) is 5.91 Å².